The first kappa shape index (κ1) is 35.1. The van der Waals surface area contributed by atoms with Crippen molar-refractivity contribution >= 4 is 35.2 Å². The molecule has 0 N–H and O–H groups in total. The van der Waals surface area contributed by atoms with Crippen LogP contribution < -0.4 is 5.19 Å². The molecule has 7 rings (SSSR count). The molecule has 0 saturated carbocycles. The molecule has 4 aromatic carbocycles. The molecule has 0 aliphatic heterocycles. The predicted molar refractivity (Wildman–Crippen MR) is 196 cm³/mol. The minimum atomic E-state index is -1.34. The van der Waals surface area contributed by atoms with Crippen molar-refractivity contribution in [2.24, 2.45) is 5.92 Å². The predicted octanol–water partition coefficient (Wildman–Crippen LogP) is 10.9. The van der Waals surface area contributed by atoms with Crippen molar-refractivity contribution in [1.82, 2.24) is 9.97 Å². The van der Waals surface area contributed by atoms with E-state index in [9.17, 15) is 4.39 Å². The summed E-state index contributed by atoms with van der Waals surface area (Å²) in [5.74, 6) is 0.416. The monoisotopic (exact) mass is 827 g/mol. The van der Waals surface area contributed by atoms with E-state index in [4.69, 9.17) is 4.42 Å². The minimum absolute atomic E-state index is 0. The summed E-state index contributed by atoms with van der Waals surface area (Å²) in [6.45, 7) is 13.8. The first-order valence-electron chi connectivity index (χ1n) is 16.1. The van der Waals surface area contributed by atoms with Crippen LogP contribution in [0.15, 0.2) is 114 Å². The van der Waals surface area contributed by atoms with Crippen molar-refractivity contribution in [3.63, 3.8) is 0 Å². The summed E-state index contributed by atoms with van der Waals surface area (Å²) in [6, 6.07) is 37.3. The van der Waals surface area contributed by atoms with Crippen LogP contribution in [0, 0.1) is 30.8 Å². The number of aromatic nitrogens is 2. The minimum Gasteiger partial charge on any atom is -0.501 e. The second-order valence-electron chi connectivity index (χ2n) is 13.5. The van der Waals surface area contributed by atoms with Gasteiger partial charge in [0.15, 0.2) is 0 Å². The summed E-state index contributed by atoms with van der Waals surface area (Å²) in [7, 11) is -1.34. The molecule has 48 heavy (non-hydrogen) atoms. The molecule has 3 heterocycles. The van der Waals surface area contributed by atoms with Gasteiger partial charge in [0.25, 0.3) is 0 Å². The topological polar surface area (TPSA) is 38.9 Å². The van der Waals surface area contributed by atoms with Gasteiger partial charge in [-0.3, -0.25) is 0 Å². The molecular weight excluding hydrogens is 788 g/mol. The molecule has 0 fully saturated rings. The van der Waals surface area contributed by atoms with E-state index in [1.54, 1.807) is 12.3 Å². The van der Waals surface area contributed by atoms with Crippen LogP contribution in [0.1, 0.15) is 25.0 Å². The van der Waals surface area contributed by atoms with E-state index in [-0.39, 0.29) is 25.9 Å². The van der Waals surface area contributed by atoms with Crippen LogP contribution in [0.5, 0.6) is 0 Å². The molecule has 0 aliphatic rings. The van der Waals surface area contributed by atoms with E-state index in [1.165, 1.54) is 22.9 Å². The van der Waals surface area contributed by atoms with Gasteiger partial charge in [0, 0.05) is 37.9 Å². The van der Waals surface area contributed by atoms with Gasteiger partial charge < -0.3 is 14.4 Å². The van der Waals surface area contributed by atoms with Gasteiger partial charge in [-0.15, -0.1) is 54.1 Å². The number of halogens is 1. The van der Waals surface area contributed by atoms with Crippen molar-refractivity contribution in [3.8, 4) is 33.6 Å². The number of fused-ring (bicyclic) bond motifs is 3. The van der Waals surface area contributed by atoms with E-state index in [1.807, 2.05) is 73.7 Å². The molecule has 7 aromatic rings. The number of aryl methyl sites for hydroxylation is 1. The third-order valence-electron chi connectivity index (χ3n) is 8.17. The number of rotatable bonds is 6. The summed E-state index contributed by atoms with van der Waals surface area (Å²) in [5.41, 5.74) is 9.69. The molecule has 0 aliphatic carbocycles. The molecule has 0 unspecified atom stereocenters. The van der Waals surface area contributed by atoms with E-state index in [0.29, 0.717) is 5.92 Å². The number of nitrogens with zero attached hydrogens (tertiary/aromatic N) is 2. The van der Waals surface area contributed by atoms with Gasteiger partial charge in [-0.25, -0.2) is 4.39 Å². The van der Waals surface area contributed by atoms with Crippen molar-refractivity contribution in [3.05, 3.63) is 139 Å². The van der Waals surface area contributed by atoms with E-state index >= 15 is 0 Å². The Bertz CT molecular complexity index is 2170. The Morgan fingerprint density at radius 2 is 1.60 bits per heavy atom. The summed E-state index contributed by atoms with van der Waals surface area (Å²) >= 11 is 0. The van der Waals surface area contributed by atoms with Crippen molar-refractivity contribution in [2.45, 2.75) is 46.8 Å². The van der Waals surface area contributed by atoms with Crippen LogP contribution in [-0.4, -0.2) is 18.0 Å². The Labute approximate surface area is 297 Å². The quantitative estimate of drug-likeness (QED) is 0.124. The maximum Gasteiger partial charge on any atom is 0.123 e. The zero-order valence-electron chi connectivity index (χ0n) is 28.2. The van der Waals surface area contributed by atoms with Gasteiger partial charge in [0.1, 0.15) is 11.4 Å². The van der Waals surface area contributed by atoms with Crippen molar-refractivity contribution in [1.29, 1.82) is 0 Å². The number of hydrogen-bond donors (Lipinski definition) is 0. The second-order valence-corrected chi connectivity index (χ2v) is 18.5. The molecule has 0 amide bonds. The Balaban J connectivity index is 0.000000193. The normalized spacial score (nSPS) is 11.3. The third-order valence-corrected chi connectivity index (χ3v) is 10.2. The van der Waals surface area contributed by atoms with Crippen LogP contribution in [0.3, 0.4) is 0 Å². The van der Waals surface area contributed by atoms with E-state index < -0.39 is 8.07 Å². The fraction of sp³-hybridized carbons (Fsp3) is 0.190. The molecule has 3 aromatic heterocycles. The van der Waals surface area contributed by atoms with E-state index in [2.05, 4.69) is 73.9 Å². The molecule has 0 bridgehead atoms. The summed E-state index contributed by atoms with van der Waals surface area (Å²) in [6.07, 6.45) is 5.03. The van der Waals surface area contributed by atoms with Gasteiger partial charge >= 0.3 is 0 Å². The van der Waals surface area contributed by atoms with Crippen LogP contribution in [-0.2, 0) is 26.5 Å². The van der Waals surface area contributed by atoms with Crippen LogP contribution in [0.25, 0.3) is 55.6 Å². The molecule has 6 heteroatoms. The van der Waals surface area contributed by atoms with Gasteiger partial charge in [0.2, 0.25) is 0 Å². The van der Waals surface area contributed by atoms with Crippen LogP contribution in [0.4, 0.5) is 4.39 Å². The summed E-state index contributed by atoms with van der Waals surface area (Å²) in [4.78, 5) is 9.16. The zero-order chi connectivity index (χ0) is 33.1. The Morgan fingerprint density at radius 3 is 2.31 bits per heavy atom. The maximum atomic E-state index is 13.6. The third kappa shape index (κ3) is 7.90. The molecule has 1 radical (unpaired) electrons. The Kier molecular flexibility index (Phi) is 10.9. The summed E-state index contributed by atoms with van der Waals surface area (Å²) in [5, 5.41) is 3.53. The number of hydrogen-bond acceptors (Lipinski definition) is 3. The standard InChI is InChI=1S/C24H15FNO.C18H24NSi.Ir/c1-15-10-11-26-22(12-15)21-7-3-6-20-19-9-8-17(14-23(19)27-24(20)21)16-4-2-5-18(25)13-16;1-14(2)11-16-12-17(15-9-7-6-8-10-15)19-13-18(16)20(3,4)5;/h2-6,8-14H,1H3;6-9,12-14H,11H2,1-5H3;/q2*-1;. The van der Waals surface area contributed by atoms with Crippen LogP contribution >= 0.6 is 0 Å². The number of benzene rings is 4. The molecule has 245 valence electrons. The maximum absolute atomic E-state index is 13.6. The fourth-order valence-corrected chi connectivity index (χ4v) is 7.52. The first-order chi connectivity index (χ1) is 22.6. The molecular formula is C42H39FIrN2OSi-2. The number of furan rings is 1. The molecule has 0 saturated heterocycles. The Hall–Kier alpha value is -4.22. The summed E-state index contributed by atoms with van der Waals surface area (Å²) < 4.78 is 19.8. The molecule has 3 nitrogen and oxygen atoms in total. The molecule has 0 atom stereocenters. The van der Waals surface area contributed by atoms with Crippen LogP contribution in [0.2, 0.25) is 19.6 Å². The fourth-order valence-electron chi connectivity index (χ4n) is 5.93. The van der Waals surface area contributed by atoms with Gasteiger partial charge in [0.05, 0.1) is 13.7 Å². The largest absolute Gasteiger partial charge is 0.501 e. The Morgan fingerprint density at radius 1 is 0.792 bits per heavy atom. The second kappa shape index (κ2) is 14.9. The average molecular weight is 827 g/mol. The number of pyridine rings is 2. The smallest absolute Gasteiger partial charge is 0.123 e. The average Bonchev–Trinajstić information content (AvgIpc) is 3.43. The van der Waals surface area contributed by atoms with Gasteiger partial charge in [-0.2, -0.15) is 0 Å². The van der Waals surface area contributed by atoms with Gasteiger partial charge in [-0.1, -0.05) is 92.0 Å². The first-order valence-corrected chi connectivity index (χ1v) is 19.6. The zero-order valence-corrected chi connectivity index (χ0v) is 31.6. The van der Waals surface area contributed by atoms with Gasteiger partial charge in [-0.05, 0) is 71.2 Å². The van der Waals surface area contributed by atoms with Crippen molar-refractivity contribution < 1.29 is 28.9 Å². The van der Waals surface area contributed by atoms with E-state index in [0.717, 1.165) is 67.6 Å². The van der Waals surface area contributed by atoms with Crippen molar-refractivity contribution in [2.75, 3.05) is 0 Å². The SMILES string of the molecule is CC(C)Cc1cc(-c2[c-]cccc2)ncc1[Si](C)(C)C.Cc1ccnc(-c2[c-]ccc3c2oc2cc(-c4cccc(F)c4)ccc23)c1.[Ir]. The molecule has 0 spiro atoms.